The number of carbonyl (C=O) groups is 1. The number of rotatable bonds is 1. The Kier molecular flexibility index (Phi) is 2.86. The fourth-order valence-electron chi connectivity index (χ4n) is 3.80. The highest BCUT2D eigenvalue weighted by Gasteiger charge is 2.36. The predicted molar refractivity (Wildman–Crippen MR) is 76.8 cm³/mol. The second-order valence-electron chi connectivity index (χ2n) is 7.16. The van der Waals surface area contributed by atoms with E-state index in [0.717, 1.165) is 25.1 Å². The summed E-state index contributed by atoms with van der Waals surface area (Å²) >= 11 is 0. The first-order chi connectivity index (χ1) is 8.87. The van der Waals surface area contributed by atoms with Crippen LogP contribution in [0.15, 0.2) is 6.07 Å². The lowest BCUT2D eigenvalue weighted by atomic mass is 9.76. The molecule has 2 heterocycles. The summed E-state index contributed by atoms with van der Waals surface area (Å²) in [6.07, 6.45) is 2.92. The van der Waals surface area contributed by atoms with E-state index in [9.17, 15) is 4.79 Å². The Morgan fingerprint density at radius 3 is 2.68 bits per heavy atom. The van der Waals surface area contributed by atoms with Crippen LogP contribution in [0.4, 0.5) is 0 Å². The number of fused-ring (bicyclic) bond motifs is 1. The second-order valence-corrected chi connectivity index (χ2v) is 7.16. The summed E-state index contributed by atoms with van der Waals surface area (Å²) in [6, 6.07) is 2.67. The lowest BCUT2D eigenvalue weighted by Crippen LogP contribution is -2.29. The molecule has 1 aliphatic heterocycles. The van der Waals surface area contributed by atoms with Crippen LogP contribution in [0.25, 0.3) is 0 Å². The van der Waals surface area contributed by atoms with Crippen LogP contribution >= 0.6 is 0 Å². The number of carbonyl (C=O) groups excluding carboxylic acids is 1. The molecule has 1 atom stereocenters. The topological polar surface area (TPSA) is 25.2 Å². The minimum absolute atomic E-state index is 0.108. The van der Waals surface area contributed by atoms with Gasteiger partial charge in [-0.15, -0.1) is 0 Å². The molecule has 3 heteroatoms. The molecule has 104 valence electrons. The lowest BCUT2D eigenvalue weighted by molar-refractivity contribution is 0.0909. The Morgan fingerprint density at radius 2 is 2.05 bits per heavy atom. The molecule has 3 rings (SSSR count). The van der Waals surface area contributed by atoms with Crippen molar-refractivity contribution >= 4 is 5.78 Å². The molecule has 0 saturated carbocycles. The van der Waals surface area contributed by atoms with E-state index in [1.807, 2.05) is 0 Å². The molecule has 0 aromatic carbocycles. The Morgan fingerprint density at radius 1 is 1.32 bits per heavy atom. The lowest BCUT2D eigenvalue weighted by Gasteiger charge is -2.31. The molecule has 1 unspecified atom stereocenters. The number of hydrogen-bond donors (Lipinski definition) is 0. The smallest absolute Gasteiger partial charge is 0.165 e. The molecule has 1 saturated heterocycles. The maximum Gasteiger partial charge on any atom is 0.165 e. The van der Waals surface area contributed by atoms with E-state index in [0.29, 0.717) is 18.2 Å². The van der Waals surface area contributed by atoms with E-state index in [1.165, 1.54) is 17.8 Å². The zero-order valence-corrected chi connectivity index (χ0v) is 12.5. The van der Waals surface area contributed by atoms with Crippen LogP contribution in [0, 0.1) is 12.3 Å². The Bertz CT molecular complexity index is 527. The van der Waals surface area contributed by atoms with Crippen molar-refractivity contribution in [2.24, 2.45) is 5.41 Å². The minimum atomic E-state index is 0.108. The number of hydrogen-bond acceptors (Lipinski definition) is 2. The summed E-state index contributed by atoms with van der Waals surface area (Å²) < 4.78 is 2.46. The number of likely N-dealkylation sites (N-methyl/N-ethyl adjacent to an activating group) is 1. The number of aromatic nitrogens is 1. The molecule has 1 fully saturated rings. The molecule has 19 heavy (non-hydrogen) atoms. The highest BCUT2D eigenvalue weighted by molar-refractivity contribution is 5.99. The van der Waals surface area contributed by atoms with Crippen molar-refractivity contribution in [3.63, 3.8) is 0 Å². The minimum Gasteiger partial charge on any atom is -0.344 e. The maximum atomic E-state index is 12.3. The number of ketones is 1. The first kappa shape index (κ1) is 12.9. The van der Waals surface area contributed by atoms with Gasteiger partial charge in [0.15, 0.2) is 5.78 Å². The third-order valence-corrected chi connectivity index (χ3v) is 4.65. The monoisotopic (exact) mass is 260 g/mol. The Labute approximate surface area is 115 Å². The van der Waals surface area contributed by atoms with Gasteiger partial charge in [-0.25, -0.2) is 0 Å². The maximum absolute atomic E-state index is 12.3. The van der Waals surface area contributed by atoms with Crippen LogP contribution in [0.2, 0.25) is 0 Å². The molecule has 1 aromatic rings. The number of Topliss-reactive ketones (excluding diaryl/α,β-unsaturated/α-hetero) is 1. The van der Waals surface area contributed by atoms with Gasteiger partial charge in [0.1, 0.15) is 0 Å². The highest BCUT2D eigenvalue weighted by Crippen LogP contribution is 2.38. The molecule has 0 spiro atoms. The van der Waals surface area contributed by atoms with E-state index in [4.69, 9.17) is 0 Å². The van der Waals surface area contributed by atoms with Crippen molar-refractivity contribution in [3.05, 3.63) is 23.0 Å². The first-order valence-corrected chi connectivity index (χ1v) is 7.30. The SMILES string of the molecule is Cc1cc2c(n1C1CCN(C)C1)CC(C)(C)CC2=O. The van der Waals surface area contributed by atoms with Crippen LogP contribution < -0.4 is 0 Å². The van der Waals surface area contributed by atoms with Crippen LogP contribution in [-0.2, 0) is 6.42 Å². The summed E-state index contributed by atoms with van der Waals surface area (Å²) in [6.45, 7) is 8.84. The molecular formula is C16H24N2O. The van der Waals surface area contributed by atoms with Crippen molar-refractivity contribution in [3.8, 4) is 0 Å². The van der Waals surface area contributed by atoms with Crippen molar-refractivity contribution < 1.29 is 4.79 Å². The highest BCUT2D eigenvalue weighted by atomic mass is 16.1. The molecule has 1 aliphatic carbocycles. The zero-order chi connectivity index (χ0) is 13.8. The molecule has 0 radical (unpaired) electrons. The normalized spacial score (nSPS) is 26.7. The fourth-order valence-corrected chi connectivity index (χ4v) is 3.80. The van der Waals surface area contributed by atoms with E-state index < -0.39 is 0 Å². The van der Waals surface area contributed by atoms with Gasteiger partial charge in [-0.05, 0) is 44.8 Å². The van der Waals surface area contributed by atoms with E-state index >= 15 is 0 Å². The van der Waals surface area contributed by atoms with Gasteiger partial charge in [0, 0.05) is 36.0 Å². The fraction of sp³-hybridized carbons (Fsp3) is 0.688. The van der Waals surface area contributed by atoms with Gasteiger partial charge < -0.3 is 9.47 Å². The van der Waals surface area contributed by atoms with Crippen LogP contribution in [0.3, 0.4) is 0 Å². The van der Waals surface area contributed by atoms with Crippen molar-refractivity contribution in [2.75, 3.05) is 20.1 Å². The Balaban J connectivity index is 2.05. The third kappa shape index (κ3) is 2.14. The molecule has 0 N–H and O–H groups in total. The van der Waals surface area contributed by atoms with Crippen LogP contribution in [-0.4, -0.2) is 35.4 Å². The molecule has 0 bridgehead atoms. The van der Waals surface area contributed by atoms with Gasteiger partial charge in [-0.3, -0.25) is 4.79 Å². The van der Waals surface area contributed by atoms with Gasteiger partial charge in [0.05, 0.1) is 0 Å². The van der Waals surface area contributed by atoms with Gasteiger partial charge in [0.2, 0.25) is 0 Å². The average molecular weight is 260 g/mol. The zero-order valence-electron chi connectivity index (χ0n) is 12.5. The van der Waals surface area contributed by atoms with Gasteiger partial charge in [-0.1, -0.05) is 13.8 Å². The van der Waals surface area contributed by atoms with Gasteiger partial charge in [-0.2, -0.15) is 0 Å². The van der Waals surface area contributed by atoms with E-state index in [-0.39, 0.29) is 5.41 Å². The standard InChI is InChI=1S/C16H24N2O/c1-11-7-13-14(8-16(2,3)9-15(13)19)18(11)12-5-6-17(4)10-12/h7,12H,5-6,8-10H2,1-4H3. The molecule has 0 amide bonds. The molecule has 2 aliphatic rings. The van der Waals surface area contributed by atoms with Crippen LogP contribution in [0.5, 0.6) is 0 Å². The average Bonchev–Trinajstić information content (AvgIpc) is 2.81. The molecule has 1 aromatic heterocycles. The predicted octanol–water partition coefficient (Wildman–Crippen LogP) is 2.83. The largest absolute Gasteiger partial charge is 0.344 e. The van der Waals surface area contributed by atoms with E-state index in [2.05, 4.69) is 43.4 Å². The molecular weight excluding hydrogens is 236 g/mol. The summed E-state index contributed by atoms with van der Waals surface area (Å²) in [5, 5.41) is 0. The first-order valence-electron chi connectivity index (χ1n) is 7.30. The van der Waals surface area contributed by atoms with E-state index in [1.54, 1.807) is 0 Å². The summed E-state index contributed by atoms with van der Waals surface area (Å²) in [5.41, 5.74) is 3.65. The number of nitrogens with zero attached hydrogens (tertiary/aromatic N) is 2. The number of aryl methyl sites for hydroxylation is 1. The summed E-state index contributed by atoms with van der Waals surface area (Å²) in [5.74, 6) is 0.333. The second kappa shape index (κ2) is 4.20. The quantitative estimate of drug-likeness (QED) is 0.776. The van der Waals surface area contributed by atoms with Crippen LogP contribution in [0.1, 0.15) is 54.5 Å². The Hall–Kier alpha value is -1.09. The third-order valence-electron chi connectivity index (χ3n) is 4.65. The summed E-state index contributed by atoms with van der Waals surface area (Å²) in [7, 11) is 2.18. The van der Waals surface area contributed by atoms with Crippen molar-refractivity contribution in [1.29, 1.82) is 0 Å². The van der Waals surface area contributed by atoms with Crippen molar-refractivity contribution in [1.82, 2.24) is 9.47 Å². The molecule has 3 nitrogen and oxygen atoms in total. The summed E-state index contributed by atoms with van der Waals surface area (Å²) in [4.78, 5) is 14.7. The number of likely N-dealkylation sites (tertiary alicyclic amines) is 1. The van der Waals surface area contributed by atoms with Gasteiger partial charge in [0.25, 0.3) is 0 Å². The van der Waals surface area contributed by atoms with Gasteiger partial charge >= 0.3 is 0 Å². The van der Waals surface area contributed by atoms with Crippen molar-refractivity contribution in [2.45, 2.75) is 46.1 Å².